The molecule has 0 aliphatic rings. The molecular formula is C12H16FNO2S. The Labute approximate surface area is 104 Å². The molecule has 1 rings (SSSR count). The average Bonchev–Trinajstić information content (AvgIpc) is 2.26. The molecule has 2 N–H and O–H groups in total. The molecule has 3 nitrogen and oxygen atoms in total. The lowest BCUT2D eigenvalue weighted by molar-refractivity contribution is 0.0935. The maximum absolute atomic E-state index is 13.4. The highest BCUT2D eigenvalue weighted by atomic mass is 32.2. The number of hydrogen-bond acceptors (Lipinski definition) is 3. The fraction of sp³-hybridized carbons (Fsp3) is 0.417. The van der Waals surface area contributed by atoms with E-state index in [0.29, 0.717) is 0 Å². The molecule has 0 heterocycles. The maximum atomic E-state index is 13.4. The third-order valence-corrected chi connectivity index (χ3v) is 2.97. The van der Waals surface area contributed by atoms with Crippen LogP contribution < -0.4 is 5.32 Å². The van der Waals surface area contributed by atoms with Crippen LogP contribution in [0.15, 0.2) is 18.2 Å². The van der Waals surface area contributed by atoms with E-state index >= 15 is 0 Å². The highest BCUT2D eigenvalue weighted by Gasteiger charge is 2.14. The molecule has 94 valence electrons. The highest BCUT2D eigenvalue weighted by Crippen LogP contribution is 2.15. The summed E-state index contributed by atoms with van der Waals surface area (Å²) in [7, 11) is 0. The van der Waals surface area contributed by atoms with Crippen molar-refractivity contribution in [1.82, 2.24) is 5.32 Å². The first-order valence-electron chi connectivity index (χ1n) is 5.33. The fourth-order valence-corrected chi connectivity index (χ4v) is 1.95. The third-order valence-electron chi connectivity index (χ3n) is 2.33. The standard InChI is InChI=1S/C12H16FNO2S/c1-8(5-6-17-2)14-12(16)10-4-3-9(15)7-11(10)13/h3-4,7-8,15H,5-6H2,1-2H3,(H,14,16). The van der Waals surface area contributed by atoms with Gasteiger partial charge < -0.3 is 10.4 Å². The van der Waals surface area contributed by atoms with E-state index in [4.69, 9.17) is 5.11 Å². The molecule has 5 heteroatoms. The lowest BCUT2D eigenvalue weighted by Gasteiger charge is -2.13. The van der Waals surface area contributed by atoms with E-state index in [1.807, 2.05) is 13.2 Å². The molecule has 17 heavy (non-hydrogen) atoms. The predicted octanol–water partition coefficient (Wildman–Crippen LogP) is 2.40. The van der Waals surface area contributed by atoms with Gasteiger partial charge in [-0.1, -0.05) is 0 Å². The Morgan fingerprint density at radius 1 is 1.59 bits per heavy atom. The first-order valence-corrected chi connectivity index (χ1v) is 6.72. The zero-order valence-electron chi connectivity index (χ0n) is 9.87. The second kappa shape index (κ2) is 6.49. The van der Waals surface area contributed by atoms with Gasteiger partial charge >= 0.3 is 0 Å². The summed E-state index contributed by atoms with van der Waals surface area (Å²) < 4.78 is 13.4. The molecule has 0 spiro atoms. The maximum Gasteiger partial charge on any atom is 0.254 e. The van der Waals surface area contributed by atoms with E-state index in [2.05, 4.69) is 5.32 Å². The van der Waals surface area contributed by atoms with Gasteiger partial charge in [-0.15, -0.1) is 0 Å². The number of phenols is 1. The van der Waals surface area contributed by atoms with Crippen molar-refractivity contribution < 1.29 is 14.3 Å². The number of nitrogens with one attached hydrogen (secondary N) is 1. The van der Waals surface area contributed by atoms with Crippen LogP contribution in [0.3, 0.4) is 0 Å². The van der Waals surface area contributed by atoms with Crippen LogP contribution in [0, 0.1) is 5.82 Å². The number of carbonyl (C=O) groups excluding carboxylic acids is 1. The molecule has 0 fully saturated rings. The zero-order chi connectivity index (χ0) is 12.8. The van der Waals surface area contributed by atoms with Gasteiger partial charge in [0.2, 0.25) is 0 Å². The zero-order valence-corrected chi connectivity index (χ0v) is 10.7. The van der Waals surface area contributed by atoms with E-state index in [1.165, 1.54) is 12.1 Å². The molecular weight excluding hydrogens is 241 g/mol. The van der Waals surface area contributed by atoms with Crippen molar-refractivity contribution in [3.63, 3.8) is 0 Å². The number of carbonyl (C=O) groups is 1. The van der Waals surface area contributed by atoms with Gasteiger partial charge in [0.1, 0.15) is 11.6 Å². The van der Waals surface area contributed by atoms with Crippen molar-refractivity contribution in [3.05, 3.63) is 29.6 Å². The summed E-state index contributed by atoms with van der Waals surface area (Å²) in [6.07, 6.45) is 2.83. The molecule has 0 aliphatic carbocycles. The number of rotatable bonds is 5. The van der Waals surface area contributed by atoms with E-state index in [0.717, 1.165) is 18.2 Å². The van der Waals surface area contributed by atoms with Crippen LogP contribution in [-0.2, 0) is 0 Å². The van der Waals surface area contributed by atoms with Crippen LogP contribution in [0.25, 0.3) is 0 Å². The van der Waals surface area contributed by atoms with E-state index in [9.17, 15) is 9.18 Å². The van der Waals surface area contributed by atoms with E-state index in [1.54, 1.807) is 11.8 Å². The smallest absolute Gasteiger partial charge is 0.254 e. The second-order valence-corrected chi connectivity index (χ2v) is 4.81. The summed E-state index contributed by atoms with van der Waals surface area (Å²) in [5, 5.41) is 11.8. The first-order chi connectivity index (χ1) is 8.04. The van der Waals surface area contributed by atoms with Crippen molar-refractivity contribution >= 4 is 17.7 Å². The molecule has 0 bridgehead atoms. The summed E-state index contributed by atoms with van der Waals surface area (Å²) in [6, 6.07) is 3.51. The normalized spacial score (nSPS) is 12.2. The number of benzene rings is 1. The van der Waals surface area contributed by atoms with Crippen molar-refractivity contribution in [2.24, 2.45) is 0 Å². The third kappa shape index (κ3) is 4.26. The van der Waals surface area contributed by atoms with Gasteiger partial charge in [-0.25, -0.2) is 4.39 Å². The minimum atomic E-state index is -0.709. The quantitative estimate of drug-likeness (QED) is 0.851. The average molecular weight is 257 g/mol. The SMILES string of the molecule is CSCCC(C)NC(=O)c1ccc(O)cc1F. The molecule has 1 amide bonds. The Balaban J connectivity index is 2.63. The summed E-state index contributed by atoms with van der Waals surface area (Å²) in [4.78, 5) is 11.7. The second-order valence-electron chi connectivity index (χ2n) is 3.82. The number of aromatic hydroxyl groups is 1. The van der Waals surface area contributed by atoms with Crippen LogP contribution in [0.4, 0.5) is 4.39 Å². The van der Waals surface area contributed by atoms with Crippen molar-refractivity contribution in [2.45, 2.75) is 19.4 Å². The Morgan fingerprint density at radius 2 is 2.29 bits per heavy atom. The summed E-state index contributed by atoms with van der Waals surface area (Å²) in [6.45, 7) is 1.88. The lowest BCUT2D eigenvalue weighted by Crippen LogP contribution is -2.33. The van der Waals surface area contributed by atoms with Gasteiger partial charge in [0.25, 0.3) is 5.91 Å². The molecule has 0 saturated carbocycles. The van der Waals surface area contributed by atoms with E-state index < -0.39 is 11.7 Å². The summed E-state index contributed by atoms with van der Waals surface area (Å²) >= 11 is 1.70. The van der Waals surface area contributed by atoms with Gasteiger partial charge in [0.05, 0.1) is 5.56 Å². The molecule has 1 atom stereocenters. The summed E-state index contributed by atoms with van der Waals surface area (Å²) in [5.41, 5.74) is -0.0428. The van der Waals surface area contributed by atoms with E-state index in [-0.39, 0.29) is 17.4 Å². The van der Waals surface area contributed by atoms with Crippen LogP contribution in [0.2, 0.25) is 0 Å². The Kier molecular flexibility index (Phi) is 5.28. The van der Waals surface area contributed by atoms with Crippen LogP contribution >= 0.6 is 11.8 Å². The largest absolute Gasteiger partial charge is 0.508 e. The van der Waals surface area contributed by atoms with Crippen molar-refractivity contribution in [1.29, 1.82) is 0 Å². The summed E-state index contributed by atoms with van der Waals surface area (Å²) in [5.74, 6) is -0.398. The monoisotopic (exact) mass is 257 g/mol. The number of hydrogen-bond donors (Lipinski definition) is 2. The van der Waals surface area contributed by atoms with Crippen molar-refractivity contribution in [2.75, 3.05) is 12.0 Å². The van der Waals surface area contributed by atoms with Gasteiger partial charge in [-0.3, -0.25) is 4.79 Å². The fourth-order valence-electron chi connectivity index (χ4n) is 1.36. The lowest BCUT2D eigenvalue weighted by atomic mass is 10.1. The molecule has 0 aromatic heterocycles. The molecule has 0 radical (unpaired) electrons. The molecule has 1 aromatic carbocycles. The number of amides is 1. The van der Waals surface area contributed by atoms with Gasteiger partial charge in [0.15, 0.2) is 0 Å². The Hall–Kier alpha value is -1.23. The highest BCUT2D eigenvalue weighted by molar-refractivity contribution is 7.98. The van der Waals surface area contributed by atoms with Crippen LogP contribution in [0.5, 0.6) is 5.75 Å². The Morgan fingerprint density at radius 3 is 2.88 bits per heavy atom. The number of phenolic OH excluding ortho intramolecular Hbond substituents is 1. The molecule has 1 unspecified atom stereocenters. The van der Waals surface area contributed by atoms with Gasteiger partial charge in [-0.05, 0) is 37.5 Å². The van der Waals surface area contributed by atoms with Crippen LogP contribution in [0.1, 0.15) is 23.7 Å². The van der Waals surface area contributed by atoms with Crippen molar-refractivity contribution in [3.8, 4) is 5.75 Å². The van der Waals surface area contributed by atoms with Gasteiger partial charge in [-0.2, -0.15) is 11.8 Å². The minimum Gasteiger partial charge on any atom is -0.508 e. The molecule has 0 saturated heterocycles. The van der Waals surface area contributed by atoms with Crippen LogP contribution in [-0.4, -0.2) is 29.1 Å². The number of halogens is 1. The topological polar surface area (TPSA) is 49.3 Å². The Bertz CT molecular complexity index is 398. The first kappa shape index (κ1) is 13.8. The molecule has 1 aromatic rings. The minimum absolute atomic E-state index is 0.00292. The predicted molar refractivity (Wildman–Crippen MR) is 68.0 cm³/mol. The van der Waals surface area contributed by atoms with Gasteiger partial charge in [0, 0.05) is 12.1 Å². The molecule has 0 aliphatic heterocycles. The number of thioether (sulfide) groups is 1.